The number of aliphatic hydroxyl groups excluding tert-OH is 1. The van der Waals surface area contributed by atoms with Gasteiger partial charge >= 0.3 is 0 Å². The average Bonchev–Trinajstić information content (AvgIpc) is 2.77. The van der Waals surface area contributed by atoms with Crippen LogP contribution in [0.2, 0.25) is 0 Å². The van der Waals surface area contributed by atoms with Crippen molar-refractivity contribution in [2.45, 2.75) is 39.8 Å². The lowest BCUT2D eigenvalue weighted by molar-refractivity contribution is 0.201. The Kier molecular flexibility index (Phi) is 3.72. The van der Waals surface area contributed by atoms with Gasteiger partial charge in [0.15, 0.2) is 0 Å². The van der Waals surface area contributed by atoms with Crippen LogP contribution < -0.4 is 0 Å². The maximum absolute atomic E-state index is 10.4. The first kappa shape index (κ1) is 12.7. The van der Waals surface area contributed by atoms with Gasteiger partial charge in [-0.2, -0.15) is 0 Å². The van der Waals surface area contributed by atoms with Gasteiger partial charge in [0.25, 0.3) is 0 Å². The van der Waals surface area contributed by atoms with Crippen molar-refractivity contribution in [2.24, 2.45) is 0 Å². The summed E-state index contributed by atoms with van der Waals surface area (Å²) in [5.74, 6) is 0. The van der Waals surface area contributed by atoms with Gasteiger partial charge in [0.1, 0.15) is 6.10 Å². The zero-order chi connectivity index (χ0) is 13.1. The predicted octanol–water partition coefficient (Wildman–Crippen LogP) is 1.78. The third-order valence-corrected chi connectivity index (χ3v) is 2.88. The molecule has 1 atom stereocenters. The highest BCUT2D eigenvalue weighted by molar-refractivity contribution is 5.28. The Hall–Kier alpha value is -1.75. The first-order valence-electron chi connectivity index (χ1n) is 6.13. The highest BCUT2D eigenvalue weighted by Gasteiger charge is 2.19. The number of pyridine rings is 1. The lowest BCUT2D eigenvalue weighted by Crippen LogP contribution is -2.12. The molecule has 2 rings (SSSR count). The van der Waals surface area contributed by atoms with Crippen molar-refractivity contribution in [3.8, 4) is 0 Å². The lowest BCUT2D eigenvalue weighted by atomic mass is 10.1. The molecule has 96 valence electrons. The molecule has 0 aliphatic heterocycles. The van der Waals surface area contributed by atoms with Crippen molar-refractivity contribution in [1.29, 1.82) is 0 Å². The van der Waals surface area contributed by atoms with E-state index in [4.69, 9.17) is 0 Å². The molecule has 2 aromatic heterocycles. The Morgan fingerprint density at radius 3 is 2.78 bits per heavy atom. The Morgan fingerprint density at radius 1 is 1.33 bits per heavy atom. The van der Waals surface area contributed by atoms with Gasteiger partial charge in [-0.1, -0.05) is 18.2 Å². The van der Waals surface area contributed by atoms with Crippen LogP contribution in [0.1, 0.15) is 42.0 Å². The molecular weight excluding hydrogens is 228 g/mol. The van der Waals surface area contributed by atoms with Gasteiger partial charge in [0.05, 0.1) is 17.6 Å². The van der Waals surface area contributed by atoms with Crippen LogP contribution in [0.15, 0.2) is 18.5 Å². The molecule has 5 heteroatoms. The number of nitrogens with zero attached hydrogens (tertiary/aromatic N) is 4. The Labute approximate surface area is 106 Å². The smallest absolute Gasteiger partial charge is 0.139 e. The van der Waals surface area contributed by atoms with E-state index in [0.29, 0.717) is 11.4 Å². The third kappa shape index (κ3) is 2.41. The standard InChI is InChI=1S/C13H18N4O/c1-4-5-17-11(8-15-16-17)13(18)12-10(3)6-9(2)7-14-12/h6-8,13,18H,4-5H2,1-3H3. The second-order valence-corrected chi connectivity index (χ2v) is 4.50. The minimum Gasteiger partial charge on any atom is -0.380 e. The predicted molar refractivity (Wildman–Crippen MR) is 68.1 cm³/mol. The Balaban J connectivity index is 2.35. The second kappa shape index (κ2) is 5.27. The molecule has 0 aromatic carbocycles. The number of aryl methyl sites for hydroxylation is 3. The van der Waals surface area contributed by atoms with Crippen molar-refractivity contribution >= 4 is 0 Å². The molecule has 0 aliphatic rings. The summed E-state index contributed by atoms with van der Waals surface area (Å²) >= 11 is 0. The van der Waals surface area contributed by atoms with E-state index in [-0.39, 0.29) is 0 Å². The Morgan fingerprint density at radius 2 is 2.11 bits per heavy atom. The maximum Gasteiger partial charge on any atom is 0.139 e. The summed E-state index contributed by atoms with van der Waals surface area (Å²) in [6.45, 7) is 6.75. The van der Waals surface area contributed by atoms with Gasteiger partial charge in [-0.3, -0.25) is 4.98 Å². The summed E-state index contributed by atoms with van der Waals surface area (Å²) in [6.07, 6.45) is 3.54. The minimum absolute atomic E-state index is 0.667. The monoisotopic (exact) mass is 246 g/mol. The fourth-order valence-corrected chi connectivity index (χ4v) is 2.02. The van der Waals surface area contributed by atoms with E-state index in [1.807, 2.05) is 19.9 Å². The van der Waals surface area contributed by atoms with Gasteiger partial charge in [0.2, 0.25) is 0 Å². The normalized spacial score (nSPS) is 12.7. The van der Waals surface area contributed by atoms with E-state index in [1.165, 1.54) is 0 Å². The van der Waals surface area contributed by atoms with Crippen LogP contribution in [0.3, 0.4) is 0 Å². The lowest BCUT2D eigenvalue weighted by Gasteiger charge is -2.14. The molecule has 18 heavy (non-hydrogen) atoms. The molecule has 2 heterocycles. The van der Waals surface area contributed by atoms with E-state index >= 15 is 0 Å². The Bertz CT molecular complexity index is 536. The number of hydrogen-bond donors (Lipinski definition) is 1. The van der Waals surface area contributed by atoms with E-state index in [9.17, 15) is 5.11 Å². The maximum atomic E-state index is 10.4. The van der Waals surface area contributed by atoms with Crippen LogP contribution in [0, 0.1) is 13.8 Å². The molecule has 5 nitrogen and oxygen atoms in total. The molecular formula is C13H18N4O. The van der Waals surface area contributed by atoms with Crippen LogP contribution in [-0.4, -0.2) is 25.1 Å². The topological polar surface area (TPSA) is 63.8 Å². The zero-order valence-electron chi connectivity index (χ0n) is 11.0. The summed E-state index contributed by atoms with van der Waals surface area (Å²) in [6, 6.07) is 2.01. The molecule has 0 aliphatic carbocycles. The van der Waals surface area contributed by atoms with Gasteiger partial charge in [-0.05, 0) is 31.4 Å². The molecule has 0 fully saturated rings. The van der Waals surface area contributed by atoms with Crippen molar-refractivity contribution in [2.75, 3.05) is 0 Å². The quantitative estimate of drug-likeness (QED) is 0.893. The van der Waals surface area contributed by atoms with Crippen molar-refractivity contribution in [3.05, 3.63) is 41.0 Å². The summed E-state index contributed by atoms with van der Waals surface area (Å²) < 4.78 is 1.73. The van der Waals surface area contributed by atoms with Crippen LogP contribution in [-0.2, 0) is 6.54 Å². The molecule has 0 bridgehead atoms. The van der Waals surface area contributed by atoms with Gasteiger partial charge in [0, 0.05) is 12.7 Å². The van der Waals surface area contributed by atoms with Crippen molar-refractivity contribution in [1.82, 2.24) is 20.0 Å². The summed E-state index contributed by atoms with van der Waals surface area (Å²) in [7, 11) is 0. The van der Waals surface area contributed by atoms with Gasteiger partial charge in [-0.15, -0.1) is 5.10 Å². The number of aliphatic hydroxyl groups is 1. The van der Waals surface area contributed by atoms with Crippen LogP contribution in [0.4, 0.5) is 0 Å². The number of aromatic nitrogens is 4. The largest absolute Gasteiger partial charge is 0.380 e. The van der Waals surface area contributed by atoms with Crippen LogP contribution in [0.5, 0.6) is 0 Å². The summed E-state index contributed by atoms with van der Waals surface area (Å²) in [4.78, 5) is 4.32. The summed E-state index contributed by atoms with van der Waals surface area (Å²) in [5, 5.41) is 18.2. The van der Waals surface area contributed by atoms with Crippen molar-refractivity contribution in [3.63, 3.8) is 0 Å². The molecule has 0 amide bonds. The fourth-order valence-electron chi connectivity index (χ4n) is 2.02. The molecule has 0 saturated heterocycles. The first-order chi connectivity index (χ1) is 8.63. The number of hydrogen-bond acceptors (Lipinski definition) is 4. The molecule has 2 aromatic rings. The van der Waals surface area contributed by atoms with Crippen molar-refractivity contribution < 1.29 is 5.11 Å². The van der Waals surface area contributed by atoms with Gasteiger partial charge in [-0.25, -0.2) is 4.68 Å². The number of rotatable bonds is 4. The van der Waals surface area contributed by atoms with E-state index < -0.39 is 6.10 Å². The highest BCUT2D eigenvalue weighted by atomic mass is 16.3. The van der Waals surface area contributed by atoms with Crippen LogP contribution in [0.25, 0.3) is 0 Å². The fraction of sp³-hybridized carbons (Fsp3) is 0.462. The van der Waals surface area contributed by atoms with E-state index in [2.05, 4.69) is 22.2 Å². The third-order valence-electron chi connectivity index (χ3n) is 2.88. The molecule has 1 unspecified atom stereocenters. The molecule has 0 saturated carbocycles. The SMILES string of the molecule is CCCn1nncc1C(O)c1ncc(C)cc1C. The first-order valence-corrected chi connectivity index (χ1v) is 6.13. The molecule has 0 spiro atoms. The molecule has 1 N–H and O–H groups in total. The summed E-state index contributed by atoms with van der Waals surface area (Å²) in [5.41, 5.74) is 3.42. The van der Waals surface area contributed by atoms with E-state index in [1.54, 1.807) is 17.1 Å². The van der Waals surface area contributed by atoms with Gasteiger partial charge < -0.3 is 5.11 Å². The van der Waals surface area contributed by atoms with E-state index in [0.717, 1.165) is 24.1 Å². The molecule has 0 radical (unpaired) electrons. The second-order valence-electron chi connectivity index (χ2n) is 4.50. The average molecular weight is 246 g/mol. The minimum atomic E-state index is -0.771. The van der Waals surface area contributed by atoms with Crippen LogP contribution >= 0.6 is 0 Å². The highest BCUT2D eigenvalue weighted by Crippen LogP contribution is 2.22. The zero-order valence-corrected chi connectivity index (χ0v) is 11.0.